The molecule has 0 radical (unpaired) electrons. The van der Waals surface area contributed by atoms with Gasteiger partial charge in [-0.15, -0.1) is 11.3 Å². The lowest BCUT2D eigenvalue weighted by Crippen LogP contribution is -2.10. The highest BCUT2D eigenvalue weighted by Gasteiger charge is 2.09. The highest BCUT2D eigenvalue weighted by molar-refractivity contribution is 7.14. The fourth-order valence-electron chi connectivity index (χ4n) is 1.38. The molecule has 0 unspecified atom stereocenters. The Hall–Kier alpha value is -1.75. The molecule has 0 spiro atoms. The van der Waals surface area contributed by atoms with Crippen molar-refractivity contribution in [3.05, 3.63) is 51.7 Å². The quantitative estimate of drug-likeness (QED) is 0.870. The first-order valence-corrected chi connectivity index (χ1v) is 5.70. The molecule has 2 nitrogen and oxygen atoms in total. The number of nitrogens with one attached hydrogen (secondary N) is 1. The van der Waals surface area contributed by atoms with Crippen molar-refractivity contribution in [3.8, 4) is 0 Å². The van der Waals surface area contributed by atoms with E-state index < -0.39 is 11.6 Å². The smallest absolute Gasteiger partial charge is 0.265 e. The summed E-state index contributed by atoms with van der Waals surface area (Å²) in [5.41, 5.74) is 0.110. The summed E-state index contributed by atoms with van der Waals surface area (Å²) in [4.78, 5) is 13.2. The Balaban J connectivity index is 2.18. The topological polar surface area (TPSA) is 29.1 Å². The van der Waals surface area contributed by atoms with Gasteiger partial charge < -0.3 is 5.32 Å². The van der Waals surface area contributed by atoms with E-state index in [1.807, 2.05) is 13.0 Å². The van der Waals surface area contributed by atoms with Crippen molar-refractivity contribution in [1.82, 2.24) is 0 Å². The average molecular weight is 253 g/mol. The van der Waals surface area contributed by atoms with E-state index in [9.17, 15) is 13.6 Å². The Morgan fingerprint density at radius 2 is 1.82 bits per heavy atom. The lowest BCUT2D eigenvalue weighted by Gasteiger charge is -2.03. The van der Waals surface area contributed by atoms with Crippen LogP contribution in [-0.2, 0) is 0 Å². The summed E-state index contributed by atoms with van der Waals surface area (Å²) in [5.74, 6) is -1.81. The van der Waals surface area contributed by atoms with Gasteiger partial charge in [0, 0.05) is 16.6 Å². The molecule has 1 amide bonds. The number of amides is 1. The van der Waals surface area contributed by atoms with Gasteiger partial charge in [0.25, 0.3) is 5.91 Å². The number of rotatable bonds is 2. The third kappa shape index (κ3) is 2.88. The van der Waals surface area contributed by atoms with Crippen LogP contribution in [0.3, 0.4) is 0 Å². The third-order valence-electron chi connectivity index (χ3n) is 2.08. The van der Waals surface area contributed by atoms with Crippen LogP contribution in [0.1, 0.15) is 14.5 Å². The molecule has 1 N–H and O–H groups in total. The molecule has 0 aliphatic heterocycles. The van der Waals surface area contributed by atoms with Crippen LogP contribution in [0.5, 0.6) is 0 Å². The number of aryl methyl sites for hydroxylation is 1. The lowest BCUT2D eigenvalue weighted by atomic mass is 10.3. The van der Waals surface area contributed by atoms with E-state index in [0.29, 0.717) is 4.88 Å². The lowest BCUT2D eigenvalue weighted by molar-refractivity contribution is 0.103. The van der Waals surface area contributed by atoms with Gasteiger partial charge in [0.05, 0.1) is 4.88 Å². The second kappa shape index (κ2) is 4.63. The standard InChI is InChI=1S/C12H9F2NOS/c1-7-2-3-11(17-7)12(16)15-10-5-8(13)4-9(14)6-10/h2-6H,1H3,(H,15,16). The van der Waals surface area contributed by atoms with Crippen LogP contribution >= 0.6 is 11.3 Å². The summed E-state index contributed by atoms with van der Waals surface area (Å²) in [6.07, 6.45) is 0. The van der Waals surface area contributed by atoms with Gasteiger partial charge in [-0.05, 0) is 31.2 Å². The molecule has 0 bridgehead atoms. The van der Waals surface area contributed by atoms with Crippen LogP contribution in [-0.4, -0.2) is 5.91 Å². The van der Waals surface area contributed by atoms with Gasteiger partial charge in [0.2, 0.25) is 0 Å². The number of halogens is 2. The minimum absolute atomic E-state index is 0.110. The van der Waals surface area contributed by atoms with E-state index in [1.54, 1.807) is 6.07 Å². The maximum Gasteiger partial charge on any atom is 0.265 e. The van der Waals surface area contributed by atoms with Crippen LogP contribution < -0.4 is 5.32 Å². The average Bonchev–Trinajstić information content (AvgIpc) is 2.63. The van der Waals surface area contributed by atoms with Crippen LogP contribution in [0.4, 0.5) is 14.5 Å². The Morgan fingerprint density at radius 3 is 2.35 bits per heavy atom. The van der Waals surface area contributed by atoms with Crippen LogP contribution in [0.15, 0.2) is 30.3 Å². The van der Waals surface area contributed by atoms with Gasteiger partial charge in [-0.3, -0.25) is 4.79 Å². The van der Waals surface area contributed by atoms with Crippen LogP contribution in [0.25, 0.3) is 0 Å². The van der Waals surface area contributed by atoms with Crippen molar-refractivity contribution in [2.45, 2.75) is 6.92 Å². The third-order valence-corrected chi connectivity index (χ3v) is 3.08. The highest BCUT2D eigenvalue weighted by atomic mass is 32.1. The van der Waals surface area contributed by atoms with E-state index in [-0.39, 0.29) is 11.6 Å². The van der Waals surface area contributed by atoms with Crippen molar-refractivity contribution in [2.24, 2.45) is 0 Å². The Labute approximate surface area is 101 Å². The first-order valence-electron chi connectivity index (χ1n) is 4.88. The van der Waals surface area contributed by atoms with Gasteiger partial charge in [-0.25, -0.2) is 8.78 Å². The highest BCUT2D eigenvalue weighted by Crippen LogP contribution is 2.18. The molecule has 0 saturated carbocycles. The fraction of sp³-hybridized carbons (Fsp3) is 0.0833. The molecule has 2 aromatic rings. The molecule has 0 saturated heterocycles. The van der Waals surface area contributed by atoms with Crippen LogP contribution in [0.2, 0.25) is 0 Å². The molecule has 2 rings (SSSR count). The Bertz CT molecular complexity index is 545. The number of carbonyl (C=O) groups excluding carboxylic acids is 1. The first-order chi connectivity index (χ1) is 8.04. The van der Waals surface area contributed by atoms with Crippen LogP contribution in [0, 0.1) is 18.6 Å². The van der Waals surface area contributed by atoms with E-state index in [4.69, 9.17) is 0 Å². The maximum atomic E-state index is 12.9. The predicted molar refractivity (Wildman–Crippen MR) is 63.4 cm³/mol. The Kier molecular flexibility index (Phi) is 3.19. The summed E-state index contributed by atoms with van der Waals surface area (Å²) in [6.45, 7) is 1.88. The van der Waals surface area contributed by atoms with Gasteiger partial charge in [-0.1, -0.05) is 0 Å². The molecular formula is C12H9F2NOS. The van der Waals surface area contributed by atoms with E-state index in [1.165, 1.54) is 11.3 Å². The number of hydrogen-bond donors (Lipinski definition) is 1. The predicted octanol–water partition coefficient (Wildman–Crippen LogP) is 3.59. The monoisotopic (exact) mass is 253 g/mol. The van der Waals surface area contributed by atoms with Crippen molar-refractivity contribution < 1.29 is 13.6 Å². The number of anilines is 1. The largest absolute Gasteiger partial charge is 0.321 e. The molecule has 0 aliphatic rings. The molecule has 0 aliphatic carbocycles. The fourth-order valence-corrected chi connectivity index (χ4v) is 2.14. The van der Waals surface area contributed by atoms with Gasteiger partial charge in [-0.2, -0.15) is 0 Å². The molecule has 17 heavy (non-hydrogen) atoms. The van der Waals surface area contributed by atoms with E-state index in [0.717, 1.165) is 23.1 Å². The summed E-state index contributed by atoms with van der Waals surface area (Å²) >= 11 is 1.32. The van der Waals surface area contributed by atoms with Gasteiger partial charge in [0.1, 0.15) is 11.6 Å². The SMILES string of the molecule is Cc1ccc(C(=O)Nc2cc(F)cc(F)c2)s1. The molecule has 5 heteroatoms. The Morgan fingerprint density at radius 1 is 1.18 bits per heavy atom. The number of benzene rings is 1. The van der Waals surface area contributed by atoms with Crippen molar-refractivity contribution >= 4 is 22.9 Å². The second-order valence-electron chi connectivity index (χ2n) is 3.52. The molecule has 1 aromatic carbocycles. The molecular weight excluding hydrogens is 244 g/mol. The molecule has 0 fully saturated rings. The van der Waals surface area contributed by atoms with E-state index in [2.05, 4.69) is 5.32 Å². The van der Waals surface area contributed by atoms with Crippen molar-refractivity contribution in [3.63, 3.8) is 0 Å². The maximum absolute atomic E-state index is 12.9. The zero-order valence-electron chi connectivity index (χ0n) is 8.96. The number of hydrogen-bond acceptors (Lipinski definition) is 2. The normalized spacial score (nSPS) is 10.3. The molecule has 1 aromatic heterocycles. The first kappa shape index (κ1) is 11.7. The zero-order valence-corrected chi connectivity index (χ0v) is 9.78. The minimum Gasteiger partial charge on any atom is -0.321 e. The molecule has 1 heterocycles. The van der Waals surface area contributed by atoms with Gasteiger partial charge >= 0.3 is 0 Å². The van der Waals surface area contributed by atoms with Crippen molar-refractivity contribution in [1.29, 1.82) is 0 Å². The molecule has 0 atom stereocenters. The summed E-state index contributed by atoms with van der Waals surface area (Å²) in [7, 11) is 0. The number of thiophene rings is 1. The summed E-state index contributed by atoms with van der Waals surface area (Å²) in [5, 5.41) is 2.44. The summed E-state index contributed by atoms with van der Waals surface area (Å²) in [6, 6.07) is 6.38. The van der Waals surface area contributed by atoms with E-state index >= 15 is 0 Å². The van der Waals surface area contributed by atoms with Gasteiger partial charge in [0.15, 0.2) is 0 Å². The minimum atomic E-state index is -0.720. The zero-order chi connectivity index (χ0) is 12.4. The molecule has 88 valence electrons. The second-order valence-corrected chi connectivity index (χ2v) is 4.81. The number of carbonyl (C=O) groups is 1. The summed E-state index contributed by atoms with van der Waals surface area (Å²) < 4.78 is 25.8. The van der Waals surface area contributed by atoms with Crippen molar-refractivity contribution in [2.75, 3.05) is 5.32 Å².